The molecule has 0 fully saturated rings. The van der Waals surface area contributed by atoms with E-state index < -0.39 is 10.0 Å². The zero-order chi connectivity index (χ0) is 15.5. The average molecular weight is 307 g/mol. The smallest absolute Gasteiger partial charge is 0.266 e. The molecule has 0 spiro atoms. The highest BCUT2D eigenvalue weighted by atomic mass is 32.2. The Morgan fingerprint density at radius 2 is 2.05 bits per heavy atom. The topological polar surface area (TPSA) is 94.3 Å². The van der Waals surface area contributed by atoms with Crippen molar-refractivity contribution in [1.29, 1.82) is 0 Å². The molecule has 112 valence electrons. The second-order valence-corrected chi connectivity index (χ2v) is 6.11. The Kier molecular flexibility index (Phi) is 4.44. The molecule has 6 nitrogen and oxygen atoms in total. The Morgan fingerprint density at radius 1 is 1.29 bits per heavy atom. The molecule has 0 aliphatic rings. The molecule has 2 rings (SSSR count). The van der Waals surface area contributed by atoms with Crippen molar-refractivity contribution < 1.29 is 13.2 Å². The Morgan fingerprint density at radius 3 is 2.67 bits per heavy atom. The molecule has 0 bridgehead atoms. The highest BCUT2D eigenvalue weighted by Crippen LogP contribution is 2.26. The summed E-state index contributed by atoms with van der Waals surface area (Å²) in [4.78, 5) is 4.17. The average Bonchev–Trinajstić information content (AvgIpc) is 2.46. The summed E-state index contributed by atoms with van der Waals surface area (Å²) < 4.78 is 32.4. The lowest BCUT2D eigenvalue weighted by molar-refractivity contribution is 0.402. The predicted molar refractivity (Wildman–Crippen MR) is 80.7 cm³/mol. The zero-order valence-corrected chi connectivity index (χ0v) is 12.6. The van der Waals surface area contributed by atoms with Gasteiger partial charge < -0.3 is 10.5 Å². The van der Waals surface area contributed by atoms with E-state index in [9.17, 15) is 8.42 Å². The van der Waals surface area contributed by atoms with Crippen LogP contribution in [0.25, 0.3) is 0 Å². The van der Waals surface area contributed by atoms with E-state index in [0.717, 1.165) is 11.3 Å². The number of nitrogens with one attached hydrogen (secondary N) is 1. The summed E-state index contributed by atoms with van der Waals surface area (Å²) in [7, 11) is -2.36. The maximum absolute atomic E-state index is 12.4. The number of anilines is 1. The van der Waals surface area contributed by atoms with Crippen molar-refractivity contribution in [2.75, 3.05) is 11.8 Å². The first-order valence-corrected chi connectivity index (χ1v) is 7.78. The van der Waals surface area contributed by atoms with E-state index in [-0.39, 0.29) is 16.5 Å². The number of benzene rings is 1. The van der Waals surface area contributed by atoms with Gasteiger partial charge in [0.1, 0.15) is 16.5 Å². The highest BCUT2D eigenvalue weighted by molar-refractivity contribution is 7.92. The van der Waals surface area contributed by atoms with Gasteiger partial charge in [0.05, 0.1) is 7.11 Å². The Bertz CT molecular complexity index is 745. The Balaban J connectivity index is 2.40. The zero-order valence-electron chi connectivity index (χ0n) is 11.8. The van der Waals surface area contributed by atoms with E-state index in [1.807, 2.05) is 0 Å². The molecule has 0 saturated carbocycles. The molecular formula is C14H17N3O3S. The number of aryl methyl sites for hydroxylation is 1. The molecule has 0 atom stereocenters. The molecule has 1 heterocycles. The molecule has 0 aliphatic carbocycles. The number of rotatable bonds is 5. The highest BCUT2D eigenvalue weighted by Gasteiger charge is 2.20. The van der Waals surface area contributed by atoms with Crippen LogP contribution in [0.5, 0.6) is 5.75 Å². The van der Waals surface area contributed by atoms with Gasteiger partial charge in [-0.15, -0.1) is 0 Å². The lowest BCUT2D eigenvalue weighted by Crippen LogP contribution is -2.15. The normalized spacial score (nSPS) is 11.2. The minimum Gasteiger partial charge on any atom is -0.495 e. The van der Waals surface area contributed by atoms with Gasteiger partial charge in [0.15, 0.2) is 0 Å². The van der Waals surface area contributed by atoms with Gasteiger partial charge in [-0.2, -0.15) is 0 Å². The number of nitrogens with two attached hydrogens (primary N) is 1. The van der Waals surface area contributed by atoms with E-state index in [4.69, 9.17) is 10.5 Å². The van der Waals surface area contributed by atoms with Gasteiger partial charge in [-0.3, -0.25) is 4.72 Å². The first kappa shape index (κ1) is 15.3. The van der Waals surface area contributed by atoms with Gasteiger partial charge >= 0.3 is 0 Å². The van der Waals surface area contributed by atoms with Gasteiger partial charge in [-0.05, 0) is 36.8 Å². The number of methoxy groups -OCH3 is 1. The molecule has 2 aromatic rings. The molecule has 0 radical (unpaired) electrons. The number of hydrogen-bond donors (Lipinski definition) is 2. The minimum atomic E-state index is -3.78. The van der Waals surface area contributed by atoms with Crippen molar-refractivity contribution in [3.63, 3.8) is 0 Å². The molecule has 0 amide bonds. The number of nitrogens with zero attached hydrogens (tertiary/aromatic N) is 1. The van der Waals surface area contributed by atoms with E-state index >= 15 is 0 Å². The van der Waals surface area contributed by atoms with E-state index in [2.05, 4.69) is 9.71 Å². The Hall–Kier alpha value is -2.12. The minimum absolute atomic E-state index is 0.0468. The summed E-state index contributed by atoms with van der Waals surface area (Å²) in [5.41, 5.74) is 7.06. The maximum atomic E-state index is 12.4. The third-order valence-electron chi connectivity index (χ3n) is 2.88. The monoisotopic (exact) mass is 307 g/mol. The third kappa shape index (κ3) is 3.50. The van der Waals surface area contributed by atoms with Gasteiger partial charge in [0, 0.05) is 12.2 Å². The fourth-order valence-electron chi connectivity index (χ4n) is 1.85. The molecule has 1 aromatic heterocycles. The van der Waals surface area contributed by atoms with Crippen LogP contribution in [0.3, 0.4) is 0 Å². The number of sulfonamides is 1. The summed E-state index contributed by atoms with van der Waals surface area (Å²) >= 11 is 0. The first-order valence-electron chi connectivity index (χ1n) is 6.30. The van der Waals surface area contributed by atoms with Crippen molar-refractivity contribution in [2.24, 2.45) is 5.73 Å². The fraction of sp³-hybridized carbons (Fsp3) is 0.214. The number of aromatic nitrogens is 1. The number of hydrogen-bond acceptors (Lipinski definition) is 5. The molecule has 3 N–H and O–H groups in total. The van der Waals surface area contributed by atoms with E-state index in [0.29, 0.717) is 6.54 Å². The standard InChI is InChI=1S/C14H17N3O3S/c1-10-4-3-5-14(16-10)17-21(18,19)13-7-6-11(9-15)8-12(13)20-2/h3-8H,9,15H2,1-2H3,(H,16,17). The molecule has 0 aliphatic heterocycles. The molecule has 0 saturated heterocycles. The molecule has 0 unspecified atom stereocenters. The number of pyridine rings is 1. The van der Waals surface area contributed by atoms with Crippen LogP contribution in [0, 0.1) is 6.92 Å². The molecular weight excluding hydrogens is 290 g/mol. The summed E-state index contributed by atoms with van der Waals surface area (Å²) in [5, 5.41) is 0. The van der Waals surface area contributed by atoms with Crippen molar-refractivity contribution in [3.8, 4) is 5.75 Å². The van der Waals surface area contributed by atoms with E-state index in [1.54, 1.807) is 37.3 Å². The Labute approximate surface area is 124 Å². The SMILES string of the molecule is COc1cc(CN)ccc1S(=O)(=O)Nc1cccc(C)n1. The van der Waals surface area contributed by atoms with Crippen LogP contribution >= 0.6 is 0 Å². The van der Waals surface area contributed by atoms with Crippen LogP contribution in [0.4, 0.5) is 5.82 Å². The second kappa shape index (κ2) is 6.11. The molecule has 1 aromatic carbocycles. The number of ether oxygens (including phenoxy) is 1. The van der Waals surface area contributed by atoms with Crippen LogP contribution in [0.15, 0.2) is 41.3 Å². The lowest BCUT2D eigenvalue weighted by atomic mass is 10.2. The maximum Gasteiger partial charge on any atom is 0.266 e. The van der Waals surface area contributed by atoms with Crippen molar-refractivity contribution >= 4 is 15.8 Å². The van der Waals surface area contributed by atoms with Crippen LogP contribution in [-0.4, -0.2) is 20.5 Å². The van der Waals surface area contributed by atoms with Crippen molar-refractivity contribution in [3.05, 3.63) is 47.7 Å². The second-order valence-electron chi connectivity index (χ2n) is 4.46. The van der Waals surface area contributed by atoms with Crippen molar-refractivity contribution in [1.82, 2.24) is 4.98 Å². The largest absolute Gasteiger partial charge is 0.495 e. The van der Waals surface area contributed by atoms with Crippen LogP contribution in [-0.2, 0) is 16.6 Å². The molecule has 7 heteroatoms. The fourth-order valence-corrected chi connectivity index (χ4v) is 3.01. The quantitative estimate of drug-likeness (QED) is 0.876. The van der Waals surface area contributed by atoms with Gasteiger partial charge in [0.2, 0.25) is 0 Å². The summed E-state index contributed by atoms with van der Waals surface area (Å²) in [6, 6.07) is 9.84. The van der Waals surface area contributed by atoms with Crippen LogP contribution < -0.4 is 15.2 Å². The van der Waals surface area contributed by atoms with Gasteiger partial charge in [-0.25, -0.2) is 13.4 Å². The van der Waals surface area contributed by atoms with Crippen LogP contribution in [0.2, 0.25) is 0 Å². The van der Waals surface area contributed by atoms with E-state index in [1.165, 1.54) is 13.2 Å². The predicted octanol–water partition coefficient (Wildman–Crippen LogP) is 1.66. The van der Waals surface area contributed by atoms with Gasteiger partial charge in [0.25, 0.3) is 10.0 Å². The summed E-state index contributed by atoms with van der Waals surface area (Å²) in [6.45, 7) is 2.10. The third-order valence-corrected chi connectivity index (χ3v) is 4.27. The van der Waals surface area contributed by atoms with Crippen molar-refractivity contribution in [2.45, 2.75) is 18.4 Å². The summed E-state index contributed by atoms with van der Waals surface area (Å²) in [5.74, 6) is 0.512. The summed E-state index contributed by atoms with van der Waals surface area (Å²) in [6.07, 6.45) is 0. The van der Waals surface area contributed by atoms with Gasteiger partial charge in [-0.1, -0.05) is 12.1 Å². The van der Waals surface area contributed by atoms with Crippen LogP contribution in [0.1, 0.15) is 11.3 Å². The molecule has 21 heavy (non-hydrogen) atoms. The first-order chi connectivity index (χ1) is 9.96. The lowest BCUT2D eigenvalue weighted by Gasteiger charge is -2.12.